The highest BCUT2D eigenvalue weighted by molar-refractivity contribution is 6.01. The number of alkyl carbamates (subject to hydrolysis) is 1. The number of primary amides is 1. The first-order valence-corrected chi connectivity index (χ1v) is 16.5. The molecule has 0 aromatic heterocycles. The molecular weight excluding hydrogens is 634 g/mol. The Morgan fingerprint density at radius 1 is 0.920 bits per heavy atom. The lowest BCUT2D eigenvalue weighted by Gasteiger charge is -2.30. The van der Waals surface area contributed by atoms with Crippen LogP contribution in [0.5, 0.6) is 5.75 Å². The summed E-state index contributed by atoms with van der Waals surface area (Å²) in [4.78, 5) is 49.1. The minimum absolute atomic E-state index is 0.0750. The van der Waals surface area contributed by atoms with Gasteiger partial charge >= 0.3 is 6.09 Å². The molecule has 0 saturated heterocycles. The lowest BCUT2D eigenvalue weighted by Crippen LogP contribution is -2.48. The van der Waals surface area contributed by atoms with Crippen molar-refractivity contribution in [3.05, 3.63) is 114 Å². The number of para-hydroxylation sites is 3. The van der Waals surface area contributed by atoms with Crippen LogP contribution in [0.4, 0.5) is 27.5 Å². The summed E-state index contributed by atoms with van der Waals surface area (Å²) in [6, 6.07) is 29.9. The Hall–Kier alpha value is -6.04. The summed E-state index contributed by atoms with van der Waals surface area (Å²) in [6.07, 6.45) is 0.569. The minimum Gasteiger partial charge on any atom is -0.493 e. The maximum atomic E-state index is 13.3. The van der Waals surface area contributed by atoms with Crippen molar-refractivity contribution in [2.75, 3.05) is 48.9 Å². The number of hydrogen-bond acceptors (Lipinski definition) is 9. The van der Waals surface area contributed by atoms with Gasteiger partial charge in [-0.25, -0.2) is 9.79 Å². The second-order valence-electron chi connectivity index (χ2n) is 12.4. The lowest BCUT2D eigenvalue weighted by molar-refractivity contribution is -0.119. The maximum absolute atomic E-state index is 13.3. The average molecular weight is 676 g/mol. The van der Waals surface area contributed by atoms with Gasteiger partial charge in [0.1, 0.15) is 24.9 Å². The fraction of sp³-hybridized carbons (Fsp3) is 0.263. The number of anilines is 3. The second-order valence-corrected chi connectivity index (χ2v) is 12.4. The van der Waals surface area contributed by atoms with Crippen LogP contribution in [0.15, 0.2) is 102 Å². The summed E-state index contributed by atoms with van der Waals surface area (Å²) in [5.74, 6) is 0.0457. The standard InChI is InChI=1S/C38H41N7O5/c1-43(2)33-15-9-7-13-30(33)40-35(46)24-44-23-28-16-17-29(22-31(28)41-37(44)42-38(48)50-25-26-10-4-3-5-11-26)49-21-19-34(36(39)47)45-20-18-27-12-6-8-14-32(27)45/h3-17,22,34H,18-21,23-25H2,1-2H3,(H2,39,47)(H,40,46)(H,41,42,48). The molecule has 4 aromatic carbocycles. The second kappa shape index (κ2) is 15.5. The van der Waals surface area contributed by atoms with Crippen molar-refractivity contribution in [1.29, 1.82) is 0 Å². The van der Waals surface area contributed by atoms with Crippen LogP contribution in [0.1, 0.15) is 23.1 Å². The number of nitrogens with two attached hydrogens (primary N) is 1. The zero-order chi connectivity index (χ0) is 35.0. The number of amides is 3. The Morgan fingerprint density at radius 3 is 2.48 bits per heavy atom. The van der Waals surface area contributed by atoms with Crippen molar-refractivity contribution in [2.45, 2.75) is 32.0 Å². The highest BCUT2D eigenvalue weighted by Gasteiger charge is 2.30. The van der Waals surface area contributed by atoms with Gasteiger partial charge in [0.05, 0.1) is 23.7 Å². The lowest BCUT2D eigenvalue weighted by atomic mass is 10.1. The molecule has 2 aliphatic heterocycles. The third kappa shape index (κ3) is 8.15. The largest absolute Gasteiger partial charge is 0.493 e. The van der Waals surface area contributed by atoms with Gasteiger partial charge in [0.25, 0.3) is 0 Å². The van der Waals surface area contributed by atoms with E-state index >= 15 is 0 Å². The first-order chi connectivity index (χ1) is 24.2. The van der Waals surface area contributed by atoms with E-state index in [9.17, 15) is 14.4 Å². The van der Waals surface area contributed by atoms with E-state index in [-0.39, 0.29) is 31.6 Å². The number of aliphatic imine (C=N–C) groups is 1. The Labute approximate surface area is 291 Å². The molecule has 12 nitrogen and oxygen atoms in total. The van der Waals surface area contributed by atoms with E-state index in [4.69, 9.17) is 20.2 Å². The molecule has 0 bridgehead atoms. The molecule has 50 heavy (non-hydrogen) atoms. The SMILES string of the molecule is CN(C)c1ccccc1NC(=O)CN1Cc2ccc(OCCC(C(N)=O)N3CCc4ccccc43)cc2N=C1NC(=O)OCc1ccccc1. The van der Waals surface area contributed by atoms with E-state index in [1.807, 2.05) is 104 Å². The Bertz CT molecular complexity index is 1880. The number of fused-ring (bicyclic) bond motifs is 2. The molecule has 3 amide bonds. The Balaban J connectivity index is 1.15. The van der Waals surface area contributed by atoms with E-state index in [0.717, 1.165) is 35.5 Å². The number of guanidine groups is 1. The van der Waals surface area contributed by atoms with Gasteiger partial charge in [-0.15, -0.1) is 0 Å². The molecule has 258 valence electrons. The summed E-state index contributed by atoms with van der Waals surface area (Å²) < 4.78 is 11.6. The predicted octanol–water partition coefficient (Wildman–Crippen LogP) is 4.81. The first-order valence-electron chi connectivity index (χ1n) is 16.5. The van der Waals surface area contributed by atoms with Gasteiger partial charge in [-0.1, -0.05) is 66.7 Å². The van der Waals surface area contributed by atoms with Gasteiger partial charge < -0.3 is 35.2 Å². The van der Waals surface area contributed by atoms with Crippen LogP contribution in [0.2, 0.25) is 0 Å². The fourth-order valence-electron chi connectivity index (χ4n) is 6.18. The number of carbonyl (C=O) groups excluding carboxylic acids is 3. The molecule has 6 rings (SSSR count). The summed E-state index contributed by atoms with van der Waals surface area (Å²) in [7, 11) is 3.81. The van der Waals surface area contributed by atoms with Gasteiger partial charge in [0.15, 0.2) is 0 Å². The van der Waals surface area contributed by atoms with Crippen LogP contribution in [0.25, 0.3) is 0 Å². The van der Waals surface area contributed by atoms with E-state index in [2.05, 4.69) is 21.6 Å². The molecule has 0 aliphatic carbocycles. The number of nitrogens with zero attached hydrogens (tertiary/aromatic N) is 4. The van der Waals surface area contributed by atoms with Crippen LogP contribution in [-0.2, 0) is 33.9 Å². The van der Waals surface area contributed by atoms with Crippen LogP contribution >= 0.6 is 0 Å². The molecule has 12 heteroatoms. The molecule has 0 fully saturated rings. The normalized spacial score (nSPS) is 13.8. The number of benzene rings is 4. The van der Waals surface area contributed by atoms with Gasteiger partial charge in [-0.3, -0.25) is 14.9 Å². The number of hydrogen-bond donors (Lipinski definition) is 3. The molecule has 4 aromatic rings. The number of ether oxygens (including phenoxy) is 2. The van der Waals surface area contributed by atoms with Crippen molar-refractivity contribution in [2.24, 2.45) is 10.7 Å². The minimum atomic E-state index is -0.701. The maximum Gasteiger partial charge on any atom is 0.414 e. The Morgan fingerprint density at radius 2 is 1.68 bits per heavy atom. The quantitative estimate of drug-likeness (QED) is 0.194. The van der Waals surface area contributed by atoms with Crippen molar-refractivity contribution in [3.8, 4) is 5.75 Å². The highest BCUT2D eigenvalue weighted by Crippen LogP contribution is 2.32. The van der Waals surface area contributed by atoms with E-state index in [1.54, 1.807) is 11.0 Å². The highest BCUT2D eigenvalue weighted by atomic mass is 16.5. The third-order valence-corrected chi connectivity index (χ3v) is 8.65. The molecule has 1 unspecified atom stereocenters. The zero-order valence-electron chi connectivity index (χ0n) is 28.2. The molecular formula is C38H41N7O5. The number of carbonyl (C=O) groups is 3. The summed E-state index contributed by atoms with van der Waals surface area (Å²) >= 11 is 0. The first kappa shape index (κ1) is 33.8. The molecule has 0 spiro atoms. The van der Waals surface area contributed by atoms with Crippen LogP contribution in [0.3, 0.4) is 0 Å². The van der Waals surface area contributed by atoms with Crippen molar-refractivity contribution < 1.29 is 23.9 Å². The topological polar surface area (TPSA) is 142 Å². The van der Waals surface area contributed by atoms with Gasteiger partial charge in [0, 0.05) is 45.4 Å². The summed E-state index contributed by atoms with van der Waals surface area (Å²) in [6.45, 7) is 1.28. The number of rotatable bonds is 12. The van der Waals surface area contributed by atoms with E-state index < -0.39 is 18.0 Å². The number of nitrogens with one attached hydrogen (secondary N) is 2. The molecule has 2 aliphatic rings. The molecule has 2 heterocycles. The summed E-state index contributed by atoms with van der Waals surface area (Å²) in [5.41, 5.74) is 11.8. The van der Waals surface area contributed by atoms with Crippen molar-refractivity contribution in [3.63, 3.8) is 0 Å². The van der Waals surface area contributed by atoms with Crippen LogP contribution < -0.4 is 30.9 Å². The van der Waals surface area contributed by atoms with Gasteiger partial charge in [-0.05, 0) is 47.4 Å². The zero-order valence-corrected chi connectivity index (χ0v) is 28.2. The van der Waals surface area contributed by atoms with Crippen molar-refractivity contribution >= 4 is 46.6 Å². The van der Waals surface area contributed by atoms with Crippen molar-refractivity contribution in [1.82, 2.24) is 10.2 Å². The van der Waals surface area contributed by atoms with Gasteiger partial charge in [0.2, 0.25) is 17.8 Å². The third-order valence-electron chi connectivity index (χ3n) is 8.65. The van der Waals surface area contributed by atoms with E-state index in [1.165, 1.54) is 5.56 Å². The molecule has 1 atom stereocenters. The summed E-state index contributed by atoms with van der Waals surface area (Å²) in [5, 5.41) is 5.72. The molecule has 4 N–H and O–H groups in total. The average Bonchev–Trinajstić information content (AvgIpc) is 3.53. The molecule has 0 radical (unpaired) electrons. The van der Waals surface area contributed by atoms with Crippen LogP contribution in [-0.4, -0.2) is 68.6 Å². The molecule has 0 saturated carbocycles. The fourth-order valence-corrected chi connectivity index (χ4v) is 6.18. The monoisotopic (exact) mass is 675 g/mol. The predicted molar refractivity (Wildman–Crippen MR) is 194 cm³/mol. The van der Waals surface area contributed by atoms with Gasteiger partial charge in [-0.2, -0.15) is 0 Å². The smallest absolute Gasteiger partial charge is 0.414 e. The van der Waals surface area contributed by atoms with E-state index in [0.29, 0.717) is 30.1 Å². The Kier molecular flexibility index (Phi) is 10.5. The van der Waals surface area contributed by atoms with Crippen LogP contribution in [0, 0.1) is 0 Å².